The number of benzene rings is 1. The van der Waals surface area contributed by atoms with Crippen molar-refractivity contribution in [2.24, 2.45) is 28.9 Å². The lowest BCUT2D eigenvalue weighted by atomic mass is 9.53. The Kier molecular flexibility index (Phi) is 5.74. The third kappa shape index (κ3) is 4.78. The van der Waals surface area contributed by atoms with Crippen molar-refractivity contribution < 1.29 is 22.9 Å². The molecule has 0 saturated heterocycles. The molecule has 0 radical (unpaired) electrons. The van der Waals surface area contributed by atoms with Gasteiger partial charge in [-0.15, -0.1) is 0 Å². The SMILES string of the molecule is NC[C@@]1(CC(=O)O)C[C@@H]2CC(CC3CC3)=C[C@@H]21.O=S(=O)(O)c1ccccc1. The van der Waals surface area contributed by atoms with E-state index in [9.17, 15) is 13.2 Å². The summed E-state index contributed by atoms with van der Waals surface area (Å²) in [6.07, 6.45) is 8.90. The Labute approximate surface area is 160 Å². The minimum atomic E-state index is -4.00. The number of fused-ring (bicyclic) bond motifs is 1. The zero-order chi connectivity index (χ0) is 19.7. The molecule has 4 N–H and O–H groups in total. The molecular formula is C20H27NO5S. The number of allylic oxidation sites excluding steroid dienone is 2. The molecule has 0 heterocycles. The summed E-state index contributed by atoms with van der Waals surface area (Å²) in [6, 6.07) is 7.42. The number of carboxylic acid groups (broad SMARTS) is 1. The van der Waals surface area contributed by atoms with E-state index < -0.39 is 16.1 Å². The predicted molar refractivity (Wildman–Crippen MR) is 102 cm³/mol. The standard InChI is InChI=1S/C14H21NO2.C6H6O3S/c15-8-14(7-13(16)17)6-11-4-10(5-12(11)14)3-9-1-2-9;7-10(8,9)6-4-2-1-3-5-6/h5,9,11-12H,1-4,6-8,15H2,(H,16,17);1-5H,(H,7,8,9)/t11-,12-,14-;/m0./s1. The van der Waals surface area contributed by atoms with E-state index in [4.69, 9.17) is 15.4 Å². The van der Waals surface area contributed by atoms with Gasteiger partial charge in [-0.05, 0) is 74.0 Å². The fourth-order valence-corrected chi connectivity index (χ4v) is 5.02. The van der Waals surface area contributed by atoms with E-state index in [0.717, 1.165) is 12.3 Å². The van der Waals surface area contributed by atoms with Gasteiger partial charge in [0, 0.05) is 0 Å². The van der Waals surface area contributed by atoms with Crippen LogP contribution in [0.25, 0.3) is 0 Å². The van der Waals surface area contributed by atoms with Crippen LogP contribution in [0, 0.1) is 23.2 Å². The van der Waals surface area contributed by atoms with Crippen LogP contribution in [0.2, 0.25) is 0 Å². The third-order valence-electron chi connectivity index (χ3n) is 6.02. The molecule has 0 unspecified atom stereocenters. The highest BCUT2D eigenvalue weighted by atomic mass is 32.2. The summed E-state index contributed by atoms with van der Waals surface area (Å²) in [6.45, 7) is 0.522. The van der Waals surface area contributed by atoms with E-state index in [2.05, 4.69) is 6.08 Å². The van der Waals surface area contributed by atoms with Crippen LogP contribution in [0.3, 0.4) is 0 Å². The van der Waals surface area contributed by atoms with Crippen molar-refractivity contribution in [2.75, 3.05) is 6.54 Å². The van der Waals surface area contributed by atoms with Gasteiger partial charge in [0.25, 0.3) is 10.1 Å². The molecule has 0 aliphatic heterocycles. The number of rotatable bonds is 6. The summed E-state index contributed by atoms with van der Waals surface area (Å²) in [5.41, 5.74) is 7.30. The van der Waals surface area contributed by atoms with Crippen LogP contribution in [-0.2, 0) is 14.9 Å². The Hall–Kier alpha value is -1.70. The number of hydrogen-bond acceptors (Lipinski definition) is 4. The van der Waals surface area contributed by atoms with Gasteiger partial charge in [0.1, 0.15) is 0 Å². The molecule has 2 saturated carbocycles. The van der Waals surface area contributed by atoms with Crippen LogP contribution in [0.4, 0.5) is 0 Å². The Balaban J connectivity index is 0.000000180. The van der Waals surface area contributed by atoms with E-state index >= 15 is 0 Å². The van der Waals surface area contributed by atoms with E-state index in [0.29, 0.717) is 18.4 Å². The van der Waals surface area contributed by atoms with Gasteiger partial charge < -0.3 is 10.8 Å². The van der Waals surface area contributed by atoms with Gasteiger partial charge in [0.05, 0.1) is 11.3 Å². The molecule has 6 nitrogen and oxygen atoms in total. The van der Waals surface area contributed by atoms with Crippen molar-refractivity contribution in [3.8, 4) is 0 Å². The average molecular weight is 394 g/mol. The quantitative estimate of drug-likeness (QED) is 0.505. The second kappa shape index (κ2) is 7.73. The molecule has 27 heavy (non-hydrogen) atoms. The van der Waals surface area contributed by atoms with Gasteiger partial charge in [-0.1, -0.05) is 29.8 Å². The van der Waals surface area contributed by atoms with Gasteiger partial charge in [-0.25, -0.2) is 0 Å². The maximum atomic E-state index is 10.9. The number of aliphatic carboxylic acids is 1. The molecule has 4 rings (SSSR count). The molecule has 0 bridgehead atoms. The van der Waals surface area contributed by atoms with Crippen molar-refractivity contribution >= 4 is 16.1 Å². The average Bonchev–Trinajstić information content (AvgIpc) is 3.35. The van der Waals surface area contributed by atoms with E-state index in [1.165, 1.54) is 37.8 Å². The second-order valence-electron chi connectivity index (χ2n) is 8.09. The summed E-state index contributed by atoms with van der Waals surface area (Å²) < 4.78 is 29.2. The van der Waals surface area contributed by atoms with Crippen LogP contribution < -0.4 is 5.73 Å². The number of nitrogens with two attached hydrogens (primary N) is 1. The van der Waals surface area contributed by atoms with Gasteiger partial charge >= 0.3 is 5.97 Å². The molecule has 3 aliphatic carbocycles. The van der Waals surface area contributed by atoms with Crippen molar-refractivity contribution in [3.05, 3.63) is 42.0 Å². The van der Waals surface area contributed by atoms with Crippen molar-refractivity contribution in [2.45, 2.75) is 43.4 Å². The molecule has 1 aromatic carbocycles. The van der Waals surface area contributed by atoms with Crippen LogP contribution >= 0.6 is 0 Å². The lowest BCUT2D eigenvalue weighted by Gasteiger charge is -2.51. The van der Waals surface area contributed by atoms with Crippen LogP contribution in [-0.4, -0.2) is 30.6 Å². The number of carboxylic acids is 1. The van der Waals surface area contributed by atoms with Gasteiger partial charge in [-0.3, -0.25) is 9.35 Å². The topological polar surface area (TPSA) is 118 Å². The maximum absolute atomic E-state index is 10.9. The molecule has 3 atom stereocenters. The van der Waals surface area contributed by atoms with E-state index in [1.807, 2.05) is 0 Å². The molecule has 0 aromatic heterocycles. The van der Waals surface area contributed by atoms with E-state index in [-0.39, 0.29) is 16.7 Å². The largest absolute Gasteiger partial charge is 0.481 e. The summed E-state index contributed by atoms with van der Waals surface area (Å²) >= 11 is 0. The van der Waals surface area contributed by atoms with Crippen molar-refractivity contribution in [1.82, 2.24) is 0 Å². The zero-order valence-electron chi connectivity index (χ0n) is 15.3. The van der Waals surface area contributed by atoms with Gasteiger partial charge in [0.2, 0.25) is 0 Å². The normalized spacial score (nSPS) is 29.0. The highest BCUT2D eigenvalue weighted by molar-refractivity contribution is 7.85. The summed E-state index contributed by atoms with van der Waals surface area (Å²) in [5, 5.41) is 9.01. The van der Waals surface area contributed by atoms with Crippen LogP contribution in [0.1, 0.15) is 38.5 Å². The first-order valence-electron chi connectivity index (χ1n) is 9.37. The molecule has 0 spiro atoms. The Bertz CT molecular complexity index is 816. The second-order valence-corrected chi connectivity index (χ2v) is 9.51. The first-order valence-corrected chi connectivity index (χ1v) is 10.8. The first kappa shape index (κ1) is 20.0. The fourth-order valence-electron chi connectivity index (χ4n) is 4.51. The smallest absolute Gasteiger partial charge is 0.303 e. The Morgan fingerprint density at radius 2 is 1.89 bits per heavy atom. The minimum Gasteiger partial charge on any atom is -0.481 e. The highest BCUT2D eigenvalue weighted by Crippen LogP contribution is 2.60. The zero-order valence-corrected chi connectivity index (χ0v) is 16.1. The van der Waals surface area contributed by atoms with Crippen molar-refractivity contribution in [1.29, 1.82) is 0 Å². The lowest BCUT2D eigenvalue weighted by molar-refractivity contribution is -0.144. The highest BCUT2D eigenvalue weighted by Gasteiger charge is 2.55. The molecule has 7 heteroatoms. The fraction of sp³-hybridized carbons (Fsp3) is 0.550. The molecule has 0 amide bonds. The molecule has 3 aliphatic rings. The maximum Gasteiger partial charge on any atom is 0.303 e. The monoisotopic (exact) mass is 393 g/mol. The lowest BCUT2D eigenvalue weighted by Crippen LogP contribution is -2.51. The minimum absolute atomic E-state index is 0.0741. The molecular weight excluding hydrogens is 366 g/mol. The van der Waals surface area contributed by atoms with Crippen molar-refractivity contribution in [3.63, 3.8) is 0 Å². The molecule has 148 valence electrons. The molecule has 1 aromatic rings. The predicted octanol–water partition coefficient (Wildman–Crippen LogP) is 3.11. The number of hydrogen-bond donors (Lipinski definition) is 3. The summed E-state index contributed by atoms with van der Waals surface area (Å²) in [7, 11) is -4.00. The summed E-state index contributed by atoms with van der Waals surface area (Å²) in [5.74, 6) is 1.40. The molecule has 2 fully saturated rings. The van der Waals surface area contributed by atoms with Gasteiger partial charge in [0.15, 0.2) is 0 Å². The van der Waals surface area contributed by atoms with Crippen LogP contribution in [0.15, 0.2) is 46.9 Å². The Morgan fingerprint density at radius 3 is 2.37 bits per heavy atom. The summed E-state index contributed by atoms with van der Waals surface area (Å²) in [4.78, 5) is 10.9. The number of carbonyl (C=O) groups is 1. The first-order chi connectivity index (χ1) is 12.7. The third-order valence-corrected chi connectivity index (χ3v) is 6.89. The Morgan fingerprint density at radius 1 is 1.22 bits per heavy atom. The van der Waals surface area contributed by atoms with Crippen LogP contribution in [0.5, 0.6) is 0 Å². The van der Waals surface area contributed by atoms with E-state index in [1.54, 1.807) is 23.8 Å². The van der Waals surface area contributed by atoms with Gasteiger partial charge in [-0.2, -0.15) is 8.42 Å².